The van der Waals surface area contributed by atoms with Gasteiger partial charge in [-0.1, -0.05) is 6.07 Å². The van der Waals surface area contributed by atoms with Gasteiger partial charge in [-0.15, -0.1) is 0 Å². The van der Waals surface area contributed by atoms with Crippen LogP contribution in [0.4, 0.5) is 11.4 Å². The molecule has 7 heteroatoms. The number of ether oxygens (including phenoxy) is 1. The van der Waals surface area contributed by atoms with Crippen LogP contribution in [-0.2, 0) is 9.53 Å². The van der Waals surface area contributed by atoms with Gasteiger partial charge in [0.1, 0.15) is 5.69 Å². The Morgan fingerprint density at radius 1 is 1.17 bits per heavy atom. The first kappa shape index (κ1) is 18.3. The van der Waals surface area contributed by atoms with Crippen molar-refractivity contribution in [1.29, 1.82) is 0 Å². The average Bonchev–Trinajstić information content (AvgIpc) is 3.02. The van der Waals surface area contributed by atoms with E-state index in [4.69, 9.17) is 4.74 Å². The van der Waals surface area contributed by atoms with Crippen molar-refractivity contribution in [2.45, 2.75) is 38.5 Å². The summed E-state index contributed by atoms with van der Waals surface area (Å²) in [6, 6.07) is 4.93. The van der Waals surface area contributed by atoms with Gasteiger partial charge in [0.2, 0.25) is 5.90 Å². The number of carbonyl (C=O) groups is 1. The summed E-state index contributed by atoms with van der Waals surface area (Å²) in [6.07, 6.45) is 8.74. The van der Waals surface area contributed by atoms with Gasteiger partial charge >= 0.3 is 5.97 Å². The fraction of sp³-hybridized carbons (Fsp3) is 0.545. The number of anilines is 1. The molecule has 7 nitrogen and oxygen atoms in total. The first-order chi connectivity index (χ1) is 13.8. The minimum absolute atomic E-state index is 0.000927. The van der Waals surface area contributed by atoms with Gasteiger partial charge in [-0.2, -0.15) is 0 Å². The van der Waals surface area contributed by atoms with Crippen LogP contribution >= 0.6 is 0 Å². The van der Waals surface area contributed by atoms with Crippen LogP contribution in [0.2, 0.25) is 0 Å². The Morgan fingerprint density at radius 3 is 2.34 bits per heavy atom. The van der Waals surface area contributed by atoms with Crippen LogP contribution in [0.3, 0.4) is 0 Å². The van der Waals surface area contributed by atoms with E-state index < -0.39 is 10.9 Å². The quantitative estimate of drug-likeness (QED) is 0.331. The number of nitro groups is 1. The highest BCUT2D eigenvalue weighted by Crippen LogP contribution is 2.61. The van der Waals surface area contributed by atoms with Crippen LogP contribution in [0.15, 0.2) is 28.9 Å². The molecule has 6 rings (SSSR count). The predicted molar refractivity (Wildman–Crippen MR) is 110 cm³/mol. The molecule has 0 radical (unpaired) electrons. The lowest BCUT2D eigenvalue weighted by atomic mass is 9.49. The monoisotopic (exact) mass is 395 g/mol. The van der Waals surface area contributed by atoms with Gasteiger partial charge in [0.25, 0.3) is 5.69 Å². The lowest BCUT2D eigenvalue weighted by Gasteiger charge is -2.55. The zero-order valence-electron chi connectivity index (χ0n) is 16.8. The number of hydrogen-bond donors (Lipinski definition) is 0. The van der Waals surface area contributed by atoms with Crippen LogP contribution in [0.5, 0.6) is 0 Å². The topological polar surface area (TPSA) is 85.0 Å². The fourth-order valence-corrected chi connectivity index (χ4v) is 6.32. The minimum Gasteiger partial charge on any atom is -0.406 e. The van der Waals surface area contributed by atoms with Crippen molar-refractivity contribution < 1.29 is 14.5 Å². The van der Waals surface area contributed by atoms with E-state index in [1.54, 1.807) is 37.2 Å². The molecular formula is C22H25N3O4. The highest BCUT2D eigenvalue weighted by Gasteiger charge is 2.55. The maximum absolute atomic E-state index is 12.5. The number of nitrogens with zero attached hydrogens (tertiary/aromatic N) is 3. The van der Waals surface area contributed by atoms with Crippen molar-refractivity contribution in [3.05, 3.63) is 39.6 Å². The van der Waals surface area contributed by atoms with Crippen LogP contribution < -0.4 is 4.90 Å². The largest absolute Gasteiger partial charge is 0.406 e. The summed E-state index contributed by atoms with van der Waals surface area (Å²) >= 11 is 0. The highest BCUT2D eigenvalue weighted by atomic mass is 16.6. The number of hydrogen-bond acceptors (Lipinski definition) is 6. The van der Waals surface area contributed by atoms with Crippen molar-refractivity contribution >= 4 is 29.3 Å². The molecule has 1 aromatic carbocycles. The van der Waals surface area contributed by atoms with E-state index in [1.165, 1.54) is 25.3 Å². The molecule has 5 aliphatic rings. The number of rotatable bonds is 4. The number of cyclic esters (lactones) is 1. The summed E-state index contributed by atoms with van der Waals surface area (Å²) in [6.45, 7) is 0. The molecular weight excluding hydrogens is 370 g/mol. The fourth-order valence-electron chi connectivity index (χ4n) is 6.32. The van der Waals surface area contributed by atoms with E-state index in [2.05, 4.69) is 4.99 Å². The third-order valence-electron chi connectivity index (χ3n) is 7.09. The lowest BCUT2D eigenvalue weighted by Crippen LogP contribution is -2.50. The summed E-state index contributed by atoms with van der Waals surface area (Å²) in [5.41, 5.74) is 1.25. The minimum atomic E-state index is -0.449. The summed E-state index contributed by atoms with van der Waals surface area (Å²) in [5.74, 6) is 2.34. The molecule has 0 unspecified atom stereocenters. The first-order valence-corrected chi connectivity index (χ1v) is 10.3. The summed E-state index contributed by atoms with van der Waals surface area (Å²) in [5, 5.41) is 11.4. The third kappa shape index (κ3) is 3.03. The Hall–Kier alpha value is -2.70. The average molecular weight is 395 g/mol. The third-order valence-corrected chi connectivity index (χ3v) is 7.09. The second kappa shape index (κ2) is 6.40. The zero-order valence-corrected chi connectivity index (χ0v) is 16.8. The maximum Gasteiger partial charge on any atom is 0.363 e. The first-order valence-electron chi connectivity index (χ1n) is 10.3. The number of nitro benzene ring substituents is 1. The Bertz CT molecular complexity index is 928. The second-order valence-corrected chi connectivity index (χ2v) is 9.43. The van der Waals surface area contributed by atoms with Crippen LogP contribution in [0, 0.1) is 33.3 Å². The molecule has 4 aliphatic carbocycles. The molecule has 1 aromatic rings. The van der Waals surface area contributed by atoms with Crippen molar-refractivity contribution in [3.8, 4) is 0 Å². The van der Waals surface area contributed by atoms with Gasteiger partial charge in [-0.25, -0.2) is 9.79 Å². The van der Waals surface area contributed by atoms with Crippen LogP contribution in [0.25, 0.3) is 6.08 Å². The van der Waals surface area contributed by atoms with Crippen LogP contribution in [-0.4, -0.2) is 30.9 Å². The Labute approximate surface area is 169 Å². The van der Waals surface area contributed by atoms with Gasteiger partial charge in [0.05, 0.1) is 4.92 Å². The van der Waals surface area contributed by atoms with Crippen LogP contribution in [0.1, 0.15) is 44.1 Å². The van der Waals surface area contributed by atoms with Crippen molar-refractivity contribution in [1.82, 2.24) is 0 Å². The molecule has 29 heavy (non-hydrogen) atoms. The smallest absolute Gasteiger partial charge is 0.363 e. The molecule has 1 heterocycles. The molecule has 1 aliphatic heterocycles. The molecule has 4 saturated carbocycles. The summed E-state index contributed by atoms with van der Waals surface area (Å²) in [4.78, 5) is 29.9. The zero-order chi connectivity index (χ0) is 20.3. The Balaban J connectivity index is 1.47. The summed E-state index contributed by atoms with van der Waals surface area (Å²) in [7, 11) is 3.52. The number of esters is 1. The number of aliphatic imine (C=N–C) groups is 1. The Morgan fingerprint density at radius 2 is 1.79 bits per heavy atom. The van der Waals surface area contributed by atoms with Gasteiger partial charge < -0.3 is 9.64 Å². The molecule has 0 atom stereocenters. The van der Waals surface area contributed by atoms with Crippen molar-refractivity contribution in [2.24, 2.45) is 28.2 Å². The van der Waals surface area contributed by atoms with E-state index in [0.717, 1.165) is 37.0 Å². The number of carbonyl (C=O) groups excluding carboxylic acids is 1. The van der Waals surface area contributed by atoms with Gasteiger partial charge in [0.15, 0.2) is 5.70 Å². The standard InChI is InChI=1S/C22H25N3O4/c1-24(2)18-4-3-13(9-19(18)25(27)28)8-17-20(26)29-21(23-17)22-10-14-5-15(11-22)7-16(6-14)12-22/h3-4,8-9,14-16H,5-7,10-12H2,1-2H3. The van der Waals surface area contributed by atoms with E-state index in [1.807, 2.05) is 0 Å². The van der Waals surface area contributed by atoms with E-state index in [9.17, 15) is 14.9 Å². The second-order valence-electron chi connectivity index (χ2n) is 9.43. The molecule has 0 amide bonds. The molecule has 0 aromatic heterocycles. The molecule has 4 bridgehead atoms. The summed E-state index contributed by atoms with van der Waals surface area (Å²) < 4.78 is 5.67. The highest BCUT2D eigenvalue weighted by molar-refractivity contribution is 6.09. The van der Waals surface area contributed by atoms with E-state index in [0.29, 0.717) is 17.1 Å². The molecule has 4 fully saturated rings. The normalized spacial score (nSPS) is 33.7. The predicted octanol–water partition coefficient (Wildman–Crippen LogP) is 4.17. The Kier molecular flexibility index (Phi) is 4.05. The van der Waals surface area contributed by atoms with Gasteiger partial charge in [-0.05, 0) is 74.0 Å². The molecule has 0 saturated heterocycles. The van der Waals surface area contributed by atoms with E-state index in [-0.39, 0.29) is 16.8 Å². The van der Waals surface area contributed by atoms with Crippen molar-refractivity contribution in [3.63, 3.8) is 0 Å². The molecule has 0 spiro atoms. The van der Waals surface area contributed by atoms with Gasteiger partial charge in [-0.3, -0.25) is 10.1 Å². The number of benzene rings is 1. The van der Waals surface area contributed by atoms with E-state index >= 15 is 0 Å². The van der Waals surface area contributed by atoms with Crippen molar-refractivity contribution in [2.75, 3.05) is 19.0 Å². The SMILES string of the molecule is CN(C)c1ccc(C=C2N=C(C34CC5CC(CC(C5)C3)C4)OC2=O)cc1[N+](=O)[O-]. The maximum atomic E-state index is 12.5. The molecule has 152 valence electrons. The molecule has 0 N–H and O–H groups in total. The van der Waals surface area contributed by atoms with Gasteiger partial charge in [0, 0.05) is 25.6 Å². The lowest BCUT2D eigenvalue weighted by molar-refractivity contribution is -0.384.